The molecule has 0 amide bonds. The summed E-state index contributed by atoms with van der Waals surface area (Å²) in [6.07, 6.45) is 6.26. The molecule has 1 unspecified atom stereocenters. The molecule has 0 spiro atoms. The Morgan fingerprint density at radius 2 is 2.12 bits per heavy atom. The molecule has 1 heterocycles. The smallest absolute Gasteiger partial charge is 0.0667 e. The predicted molar refractivity (Wildman–Crippen MR) is 67.2 cm³/mol. The number of benzene rings is 1. The largest absolute Gasteiger partial charge is 0.392 e. The number of likely N-dealkylation sites (tertiary alicyclic amines) is 1. The van der Waals surface area contributed by atoms with Crippen LogP contribution in [0.3, 0.4) is 0 Å². The molecule has 1 aliphatic heterocycles. The molecular weight excluding hydrogens is 198 g/mol. The third kappa shape index (κ3) is 3.47. The Morgan fingerprint density at radius 1 is 1.31 bits per heavy atom. The fourth-order valence-electron chi connectivity index (χ4n) is 2.10. The number of nitrogens with zero attached hydrogens (tertiary/aromatic N) is 1. The Labute approximate surface area is 97.2 Å². The predicted octanol–water partition coefficient (Wildman–Crippen LogP) is 2.16. The molecule has 1 atom stereocenters. The van der Waals surface area contributed by atoms with Crippen LogP contribution in [0.5, 0.6) is 0 Å². The second kappa shape index (κ2) is 5.83. The SMILES string of the molecule is OC1CCCN(C/C=C/c2ccccc2)C1. The molecular formula is C14H19NO. The van der Waals surface area contributed by atoms with Crippen molar-refractivity contribution in [3.63, 3.8) is 0 Å². The van der Waals surface area contributed by atoms with Crippen molar-refractivity contribution in [2.75, 3.05) is 19.6 Å². The van der Waals surface area contributed by atoms with Gasteiger partial charge in [0.05, 0.1) is 6.10 Å². The standard InChI is InChI=1S/C14H19NO/c16-14-9-5-11-15(12-14)10-4-8-13-6-2-1-3-7-13/h1-4,6-8,14,16H,5,9-12H2/b8-4+. The Hall–Kier alpha value is -1.12. The summed E-state index contributed by atoms with van der Waals surface area (Å²) in [5.41, 5.74) is 1.24. The van der Waals surface area contributed by atoms with Crippen LogP contribution in [-0.2, 0) is 0 Å². The van der Waals surface area contributed by atoms with Crippen molar-refractivity contribution in [3.8, 4) is 0 Å². The molecule has 16 heavy (non-hydrogen) atoms. The summed E-state index contributed by atoms with van der Waals surface area (Å²) in [5.74, 6) is 0. The maximum absolute atomic E-state index is 9.53. The highest BCUT2D eigenvalue weighted by molar-refractivity contribution is 5.48. The second-order valence-electron chi connectivity index (χ2n) is 4.37. The Kier molecular flexibility index (Phi) is 4.14. The van der Waals surface area contributed by atoms with Gasteiger partial charge in [-0.3, -0.25) is 4.90 Å². The van der Waals surface area contributed by atoms with Gasteiger partial charge >= 0.3 is 0 Å². The minimum absolute atomic E-state index is 0.126. The van der Waals surface area contributed by atoms with E-state index in [9.17, 15) is 5.11 Å². The van der Waals surface area contributed by atoms with Crippen LogP contribution in [0, 0.1) is 0 Å². The summed E-state index contributed by atoms with van der Waals surface area (Å²) in [6.45, 7) is 2.86. The highest BCUT2D eigenvalue weighted by Crippen LogP contribution is 2.09. The monoisotopic (exact) mass is 217 g/mol. The van der Waals surface area contributed by atoms with Gasteiger partial charge in [0.2, 0.25) is 0 Å². The highest BCUT2D eigenvalue weighted by atomic mass is 16.3. The summed E-state index contributed by atoms with van der Waals surface area (Å²) >= 11 is 0. The first-order valence-corrected chi connectivity index (χ1v) is 5.96. The first-order valence-electron chi connectivity index (χ1n) is 5.96. The number of hydrogen-bond acceptors (Lipinski definition) is 2. The lowest BCUT2D eigenvalue weighted by atomic mass is 10.1. The van der Waals surface area contributed by atoms with Crippen LogP contribution < -0.4 is 0 Å². The Bertz CT molecular complexity index is 334. The van der Waals surface area contributed by atoms with Crippen molar-refractivity contribution >= 4 is 6.08 Å². The summed E-state index contributed by atoms with van der Waals surface area (Å²) in [4.78, 5) is 2.30. The topological polar surface area (TPSA) is 23.5 Å². The van der Waals surface area contributed by atoms with Crippen LogP contribution in [0.2, 0.25) is 0 Å². The number of β-amino-alcohol motifs (C(OH)–C–C–N with tert-alkyl or cyclic N) is 1. The zero-order valence-corrected chi connectivity index (χ0v) is 9.55. The van der Waals surface area contributed by atoms with E-state index in [0.29, 0.717) is 0 Å². The van der Waals surface area contributed by atoms with E-state index >= 15 is 0 Å². The van der Waals surface area contributed by atoms with Crippen molar-refractivity contribution in [3.05, 3.63) is 42.0 Å². The van der Waals surface area contributed by atoms with Crippen LogP contribution in [0.1, 0.15) is 18.4 Å². The third-order valence-corrected chi connectivity index (χ3v) is 2.95. The van der Waals surface area contributed by atoms with Gasteiger partial charge < -0.3 is 5.11 Å². The van der Waals surface area contributed by atoms with Gasteiger partial charge in [0.1, 0.15) is 0 Å². The molecule has 0 aromatic heterocycles. The Morgan fingerprint density at radius 3 is 2.88 bits per heavy atom. The van der Waals surface area contributed by atoms with Gasteiger partial charge in [0.25, 0.3) is 0 Å². The molecule has 2 heteroatoms. The van der Waals surface area contributed by atoms with Gasteiger partial charge in [-0.05, 0) is 24.9 Å². The fourth-order valence-corrected chi connectivity index (χ4v) is 2.10. The first kappa shape index (κ1) is 11.4. The molecule has 1 aromatic carbocycles. The molecule has 0 saturated carbocycles. The van der Waals surface area contributed by atoms with Crippen molar-refractivity contribution < 1.29 is 5.11 Å². The van der Waals surface area contributed by atoms with E-state index in [0.717, 1.165) is 32.5 Å². The molecule has 1 saturated heterocycles. The maximum atomic E-state index is 9.53. The quantitative estimate of drug-likeness (QED) is 0.838. The van der Waals surface area contributed by atoms with Crippen molar-refractivity contribution in [1.82, 2.24) is 4.90 Å². The minimum atomic E-state index is -0.126. The number of piperidine rings is 1. The Balaban J connectivity index is 1.80. The number of aliphatic hydroxyl groups is 1. The number of aliphatic hydroxyl groups excluding tert-OH is 1. The zero-order chi connectivity index (χ0) is 11.2. The molecule has 1 fully saturated rings. The van der Waals surface area contributed by atoms with E-state index in [4.69, 9.17) is 0 Å². The normalized spacial score (nSPS) is 22.7. The molecule has 2 nitrogen and oxygen atoms in total. The summed E-state index contributed by atoms with van der Waals surface area (Å²) in [5, 5.41) is 9.53. The average molecular weight is 217 g/mol. The maximum Gasteiger partial charge on any atom is 0.0667 e. The van der Waals surface area contributed by atoms with E-state index in [-0.39, 0.29) is 6.10 Å². The van der Waals surface area contributed by atoms with E-state index in [1.165, 1.54) is 5.56 Å². The van der Waals surface area contributed by atoms with Crippen molar-refractivity contribution in [2.45, 2.75) is 18.9 Å². The lowest BCUT2D eigenvalue weighted by Gasteiger charge is -2.28. The highest BCUT2D eigenvalue weighted by Gasteiger charge is 2.15. The van der Waals surface area contributed by atoms with Crippen LogP contribution in [0.4, 0.5) is 0 Å². The van der Waals surface area contributed by atoms with Gasteiger partial charge in [-0.25, -0.2) is 0 Å². The van der Waals surface area contributed by atoms with Crippen LogP contribution in [0.25, 0.3) is 6.08 Å². The van der Waals surface area contributed by atoms with Crippen LogP contribution >= 0.6 is 0 Å². The lowest BCUT2D eigenvalue weighted by Crippen LogP contribution is -2.38. The molecule has 2 rings (SSSR count). The number of rotatable bonds is 3. The summed E-state index contributed by atoms with van der Waals surface area (Å²) in [6, 6.07) is 10.3. The lowest BCUT2D eigenvalue weighted by molar-refractivity contribution is 0.0771. The third-order valence-electron chi connectivity index (χ3n) is 2.95. The van der Waals surface area contributed by atoms with E-state index in [1.807, 2.05) is 18.2 Å². The molecule has 1 aromatic rings. The van der Waals surface area contributed by atoms with Crippen LogP contribution in [0.15, 0.2) is 36.4 Å². The summed E-state index contributed by atoms with van der Waals surface area (Å²) < 4.78 is 0. The van der Waals surface area contributed by atoms with Crippen LogP contribution in [-0.4, -0.2) is 35.7 Å². The van der Waals surface area contributed by atoms with Gasteiger partial charge in [0, 0.05) is 13.1 Å². The van der Waals surface area contributed by atoms with Gasteiger partial charge in [-0.2, -0.15) is 0 Å². The van der Waals surface area contributed by atoms with Gasteiger partial charge in [-0.1, -0.05) is 42.5 Å². The van der Waals surface area contributed by atoms with Gasteiger partial charge in [-0.15, -0.1) is 0 Å². The van der Waals surface area contributed by atoms with E-state index in [1.54, 1.807) is 0 Å². The molecule has 1 aliphatic rings. The molecule has 0 radical (unpaired) electrons. The first-order chi connectivity index (χ1) is 7.84. The minimum Gasteiger partial charge on any atom is -0.392 e. The van der Waals surface area contributed by atoms with Crippen molar-refractivity contribution in [2.24, 2.45) is 0 Å². The van der Waals surface area contributed by atoms with E-state index in [2.05, 4.69) is 29.2 Å². The average Bonchev–Trinajstić information content (AvgIpc) is 2.30. The molecule has 0 bridgehead atoms. The molecule has 1 N–H and O–H groups in total. The fraction of sp³-hybridized carbons (Fsp3) is 0.429. The zero-order valence-electron chi connectivity index (χ0n) is 9.55. The number of hydrogen-bond donors (Lipinski definition) is 1. The van der Waals surface area contributed by atoms with E-state index < -0.39 is 0 Å². The summed E-state index contributed by atoms with van der Waals surface area (Å²) in [7, 11) is 0. The van der Waals surface area contributed by atoms with Crippen molar-refractivity contribution in [1.29, 1.82) is 0 Å². The molecule has 86 valence electrons. The molecule has 0 aliphatic carbocycles. The van der Waals surface area contributed by atoms with Gasteiger partial charge in [0.15, 0.2) is 0 Å². The second-order valence-corrected chi connectivity index (χ2v) is 4.37.